The average molecular weight is 265 g/mol. The molecule has 0 radical (unpaired) electrons. The van der Waals surface area contributed by atoms with Crippen LogP contribution in [0.15, 0.2) is 12.4 Å². The van der Waals surface area contributed by atoms with E-state index in [2.05, 4.69) is 15.3 Å². The van der Waals surface area contributed by atoms with Crippen LogP contribution in [0.4, 0.5) is 0 Å². The highest BCUT2D eigenvalue weighted by Crippen LogP contribution is 2.24. The molecular formula is C13H19N3O3. The second kappa shape index (κ2) is 6.26. The number of rotatable bonds is 6. The first-order valence-corrected chi connectivity index (χ1v) is 6.04. The van der Waals surface area contributed by atoms with E-state index in [4.69, 9.17) is 5.11 Å². The van der Waals surface area contributed by atoms with Crippen molar-refractivity contribution >= 4 is 11.9 Å². The van der Waals surface area contributed by atoms with E-state index < -0.39 is 11.4 Å². The molecular weight excluding hydrogens is 246 g/mol. The first kappa shape index (κ1) is 15.1. The van der Waals surface area contributed by atoms with Gasteiger partial charge in [0.2, 0.25) is 5.91 Å². The van der Waals surface area contributed by atoms with E-state index in [1.165, 1.54) is 0 Å². The smallest absolute Gasteiger partial charge is 0.303 e. The number of carbonyl (C=O) groups excluding carboxylic acids is 1. The quantitative estimate of drug-likeness (QED) is 0.808. The van der Waals surface area contributed by atoms with Crippen molar-refractivity contribution < 1.29 is 14.7 Å². The van der Waals surface area contributed by atoms with Gasteiger partial charge in [0, 0.05) is 12.6 Å². The maximum Gasteiger partial charge on any atom is 0.303 e. The summed E-state index contributed by atoms with van der Waals surface area (Å²) in [6, 6.07) is 0. The highest BCUT2D eigenvalue weighted by Gasteiger charge is 2.25. The lowest BCUT2D eigenvalue weighted by molar-refractivity contribution is -0.139. The molecule has 1 heterocycles. The monoisotopic (exact) mass is 265 g/mol. The van der Waals surface area contributed by atoms with Gasteiger partial charge < -0.3 is 10.4 Å². The maximum absolute atomic E-state index is 11.7. The second-order valence-electron chi connectivity index (χ2n) is 5.34. The van der Waals surface area contributed by atoms with Crippen molar-refractivity contribution in [3.8, 4) is 0 Å². The molecule has 0 atom stereocenters. The normalized spacial score (nSPS) is 11.1. The summed E-state index contributed by atoms with van der Waals surface area (Å²) in [7, 11) is 0. The van der Waals surface area contributed by atoms with Crippen LogP contribution in [0.3, 0.4) is 0 Å². The molecule has 0 bridgehead atoms. The molecule has 0 aliphatic rings. The van der Waals surface area contributed by atoms with E-state index >= 15 is 0 Å². The second-order valence-corrected chi connectivity index (χ2v) is 5.34. The largest absolute Gasteiger partial charge is 0.481 e. The fraction of sp³-hybridized carbons (Fsp3) is 0.538. The molecule has 1 aromatic heterocycles. The first-order chi connectivity index (χ1) is 8.78. The number of hydrogen-bond acceptors (Lipinski definition) is 4. The SMILES string of the molecule is Cc1cnc(CNC(=O)CC(C)(C)CC(=O)O)cn1. The molecule has 1 rings (SSSR count). The minimum absolute atomic E-state index is 0.0369. The molecule has 19 heavy (non-hydrogen) atoms. The number of carboxylic acid groups (broad SMARTS) is 1. The van der Waals surface area contributed by atoms with Crippen molar-refractivity contribution in [2.24, 2.45) is 5.41 Å². The molecule has 0 unspecified atom stereocenters. The maximum atomic E-state index is 11.7. The van der Waals surface area contributed by atoms with Gasteiger partial charge in [0.15, 0.2) is 0 Å². The molecule has 2 N–H and O–H groups in total. The molecule has 6 heteroatoms. The van der Waals surface area contributed by atoms with Crippen LogP contribution in [0, 0.1) is 12.3 Å². The van der Waals surface area contributed by atoms with E-state index in [0.717, 1.165) is 5.69 Å². The lowest BCUT2D eigenvalue weighted by atomic mass is 9.85. The standard InChI is InChI=1S/C13H19N3O3/c1-9-6-15-10(7-14-9)8-16-11(17)4-13(2,3)5-12(18)19/h6-7H,4-5,8H2,1-3H3,(H,16,17)(H,18,19). The van der Waals surface area contributed by atoms with Gasteiger partial charge in [0.25, 0.3) is 0 Å². The number of nitrogens with zero attached hydrogens (tertiary/aromatic N) is 2. The Morgan fingerprint density at radius 1 is 1.26 bits per heavy atom. The predicted octanol–water partition coefficient (Wildman–Crippen LogP) is 1.29. The Morgan fingerprint density at radius 2 is 1.95 bits per heavy atom. The Bertz CT molecular complexity index is 455. The molecule has 104 valence electrons. The van der Waals surface area contributed by atoms with Gasteiger partial charge in [-0.2, -0.15) is 0 Å². The van der Waals surface area contributed by atoms with Gasteiger partial charge in [-0.3, -0.25) is 19.6 Å². The van der Waals surface area contributed by atoms with Crippen molar-refractivity contribution in [2.45, 2.75) is 40.2 Å². The minimum Gasteiger partial charge on any atom is -0.481 e. The van der Waals surface area contributed by atoms with Crippen LogP contribution in [-0.2, 0) is 16.1 Å². The number of carboxylic acids is 1. The van der Waals surface area contributed by atoms with Gasteiger partial charge in [-0.05, 0) is 12.3 Å². The number of aryl methyl sites for hydroxylation is 1. The highest BCUT2D eigenvalue weighted by molar-refractivity contribution is 5.77. The van der Waals surface area contributed by atoms with E-state index in [9.17, 15) is 9.59 Å². The van der Waals surface area contributed by atoms with Crippen LogP contribution >= 0.6 is 0 Å². The lowest BCUT2D eigenvalue weighted by Gasteiger charge is -2.21. The van der Waals surface area contributed by atoms with E-state index in [0.29, 0.717) is 12.2 Å². The van der Waals surface area contributed by atoms with E-state index in [1.54, 1.807) is 26.2 Å². The minimum atomic E-state index is -0.901. The zero-order valence-corrected chi connectivity index (χ0v) is 11.4. The number of amides is 1. The van der Waals surface area contributed by atoms with E-state index in [1.807, 2.05) is 6.92 Å². The Labute approximate surface area is 112 Å². The van der Waals surface area contributed by atoms with Crippen LogP contribution in [-0.4, -0.2) is 27.0 Å². The summed E-state index contributed by atoms with van der Waals surface area (Å²) >= 11 is 0. The van der Waals surface area contributed by atoms with Crippen molar-refractivity contribution in [1.82, 2.24) is 15.3 Å². The summed E-state index contributed by atoms with van der Waals surface area (Å²) in [4.78, 5) is 30.6. The summed E-state index contributed by atoms with van der Waals surface area (Å²) in [5.74, 6) is -1.09. The third kappa shape index (κ3) is 5.94. The van der Waals surface area contributed by atoms with Gasteiger partial charge in [-0.25, -0.2) is 0 Å². The van der Waals surface area contributed by atoms with Crippen molar-refractivity contribution in [1.29, 1.82) is 0 Å². The highest BCUT2D eigenvalue weighted by atomic mass is 16.4. The molecule has 1 aromatic rings. The lowest BCUT2D eigenvalue weighted by Crippen LogP contribution is -2.30. The Morgan fingerprint density at radius 3 is 2.47 bits per heavy atom. The zero-order chi connectivity index (χ0) is 14.5. The zero-order valence-electron chi connectivity index (χ0n) is 11.4. The molecule has 0 aliphatic carbocycles. The number of carbonyl (C=O) groups is 2. The topological polar surface area (TPSA) is 92.2 Å². The van der Waals surface area contributed by atoms with Crippen molar-refractivity contribution in [3.63, 3.8) is 0 Å². The summed E-state index contributed by atoms with van der Waals surface area (Å²) in [5, 5.41) is 11.5. The summed E-state index contributed by atoms with van der Waals surface area (Å²) in [6.07, 6.45) is 3.37. The third-order valence-electron chi connectivity index (χ3n) is 2.57. The third-order valence-corrected chi connectivity index (χ3v) is 2.57. The number of nitrogens with one attached hydrogen (secondary N) is 1. The molecule has 0 fully saturated rings. The van der Waals surface area contributed by atoms with Crippen LogP contribution < -0.4 is 5.32 Å². The molecule has 1 amide bonds. The van der Waals surface area contributed by atoms with E-state index in [-0.39, 0.29) is 18.7 Å². The van der Waals surface area contributed by atoms with Crippen molar-refractivity contribution in [3.05, 3.63) is 23.8 Å². The summed E-state index contributed by atoms with van der Waals surface area (Å²) in [6.45, 7) is 5.65. The van der Waals surface area contributed by atoms with Crippen LogP contribution in [0.1, 0.15) is 38.1 Å². The Kier molecular flexibility index (Phi) is 4.97. The van der Waals surface area contributed by atoms with Gasteiger partial charge in [-0.15, -0.1) is 0 Å². The van der Waals surface area contributed by atoms with Gasteiger partial charge in [-0.1, -0.05) is 13.8 Å². The first-order valence-electron chi connectivity index (χ1n) is 6.04. The molecule has 0 saturated heterocycles. The summed E-state index contributed by atoms with van der Waals surface area (Å²) in [5.41, 5.74) is 0.933. The summed E-state index contributed by atoms with van der Waals surface area (Å²) < 4.78 is 0. The van der Waals surface area contributed by atoms with Crippen molar-refractivity contribution in [2.75, 3.05) is 0 Å². The molecule has 0 spiro atoms. The Hall–Kier alpha value is -1.98. The van der Waals surface area contributed by atoms with Gasteiger partial charge >= 0.3 is 5.97 Å². The van der Waals surface area contributed by atoms with Gasteiger partial charge in [0.1, 0.15) is 0 Å². The number of aromatic nitrogens is 2. The molecule has 0 saturated carbocycles. The molecule has 0 aliphatic heterocycles. The van der Waals surface area contributed by atoms with Crippen LogP contribution in [0.5, 0.6) is 0 Å². The Balaban J connectivity index is 2.43. The van der Waals surface area contributed by atoms with Crippen LogP contribution in [0.25, 0.3) is 0 Å². The average Bonchev–Trinajstić information content (AvgIpc) is 2.25. The van der Waals surface area contributed by atoms with Crippen LogP contribution in [0.2, 0.25) is 0 Å². The molecule has 0 aromatic carbocycles. The fourth-order valence-corrected chi connectivity index (χ4v) is 1.67. The molecule has 6 nitrogen and oxygen atoms in total. The van der Waals surface area contributed by atoms with Gasteiger partial charge in [0.05, 0.1) is 30.6 Å². The fourth-order valence-electron chi connectivity index (χ4n) is 1.67. The number of aliphatic carboxylic acids is 1. The number of hydrogen-bond donors (Lipinski definition) is 2. The predicted molar refractivity (Wildman–Crippen MR) is 69.3 cm³/mol.